The van der Waals surface area contributed by atoms with Crippen LogP contribution in [0.3, 0.4) is 0 Å². The number of hydrogen-bond donors (Lipinski definition) is 3. The van der Waals surface area contributed by atoms with Crippen molar-refractivity contribution in [2.24, 2.45) is 5.92 Å². The molecule has 0 saturated carbocycles. The molecule has 1 aromatic carbocycles. The summed E-state index contributed by atoms with van der Waals surface area (Å²) in [6, 6.07) is 2.00. The van der Waals surface area contributed by atoms with Crippen molar-refractivity contribution in [1.29, 1.82) is 0 Å². The number of rotatable bonds is 3. The molecule has 1 fully saturated rings. The number of aryl methyl sites for hydroxylation is 1. The summed E-state index contributed by atoms with van der Waals surface area (Å²) in [5.41, 5.74) is -2.38. The first-order valence-corrected chi connectivity index (χ1v) is 17.7. The highest BCUT2D eigenvalue weighted by Crippen LogP contribution is 2.49. The third kappa shape index (κ3) is 7.57. The zero-order chi connectivity index (χ0) is 38.3. The molecule has 1 aliphatic carbocycles. The topological polar surface area (TPSA) is 156 Å². The molecule has 5 atom stereocenters. The van der Waals surface area contributed by atoms with E-state index in [0.717, 1.165) is 0 Å². The minimum atomic E-state index is -4.91. The van der Waals surface area contributed by atoms with E-state index in [2.05, 4.69) is 21.3 Å². The van der Waals surface area contributed by atoms with E-state index in [1.165, 1.54) is 36.3 Å². The van der Waals surface area contributed by atoms with Gasteiger partial charge in [-0.3, -0.25) is 9.59 Å². The van der Waals surface area contributed by atoms with Crippen LogP contribution in [0.1, 0.15) is 77.0 Å². The van der Waals surface area contributed by atoms with Crippen LogP contribution in [0, 0.1) is 5.92 Å². The largest absolute Gasteiger partial charge is 0.497 e. The number of carbonyl (C=O) groups is 4. The fraction of sp³-hybridized carbons (Fsp3) is 0.526. The average molecular weight is 741 g/mol. The number of aromatic nitrogens is 1. The molecule has 3 amide bonds. The minimum Gasteiger partial charge on any atom is -0.497 e. The molecule has 1 spiro atoms. The van der Waals surface area contributed by atoms with Crippen molar-refractivity contribution >= 4 is 34.8 Å². The zero-order valence-corrected chi connectivity index (χ0v) is 30.0. The van der Waals surface area contributed by atoms with Crippen LogP contribution in [0.4, 0.5) is 18.0 Å². The van der Waals surface area contributed by atoms with Gasteiger partial charge in [0.1, 0.15) is 29.0 Å². The standard InChI is InChI=1S/C38H43F3N4O8/c1-35(2,3)53-34(50)43-27-13-9-7-5-6-8-11-22-12-10-17-37(22,33(48)49)44-31(46)28-20-36(21-45(28)32(27)47)18-16-24-25-19-23(51-4)14-15-26(25)42-30(29(24)52-36)38(39,40)41/h8,11-12,14-15,17,19,22,27-28H,5-7,9,13,16,18,20-21H2,1-4H3,(H,43,50)(H,44,46)(H,48,49). The summed E-state index contributed by atoms with van der Waals surface area (Å²) < 4.78 is 61.0. The van der Waals surface area contributed by atoms with E-state index in [1.807, 2.05) is 6.08 Å². The van der Waals surface area contributed by atoms with E-state index in [0.29, 0.717) is 36.8 Å². The number of aliphatic carboxylic acids is 1. The smallest absolute Gasteiger partial charge is 0.437 e. The van der Waals surface area contributed by atoms with Gasteiger partial charge in [0.2, 0.25) is 11.8 Å². The fourth-order valence-electron chi connectivity index (χ4n) is 7.58. The second kappa shape index (κ2) is 14.1. The van der Waals surface area contributed by atoms with E-state index in [4.69, 9.17) is 14.2 Å². The number of fused-ring (bicyclic) bond motifs is 5. The molecule has 4 aliphatic rings. The molecule has 12 nitrogen and oxygen atoms in total. The molecule has 2 aromatic rings. The van der Waals surface area contributed by atoms with Crippen LogP contribution in [-0.4, -0.2) is 81.3 Å². The Morgan fingerprint density at radius 3 is 2.64 bits per heavy atom. The maximum absolute atomic E-state index is 14.6. The first-order valence-electron chi connectivity index (χ1n) is 17.7. The average Bonchev–Trinajstić information content (AvgIpc) is 3.66. The van der Waals surface area contributed by atoms with Crippen LogP contribution in [0.15, 0.2) is 48.2 Å². The number of ether oxygens (including phenoxy) is 3. The molecule has 0 bridgehead atoms. The quantitative estimate of drug-likeness (QED) is 0.269. The summed E-state index contributed by atoms with van der Waals surface area (Å²) in [4.78, 5) is 59.9. The van der Waals surface area contributed by atoms with Crippen LogP contribution in [0.25, 0.3) is 10.9 Å². The predicted molar refractivity (Wildman–Crippen MR) is 185 cm³/mol. The van der Waals surface area contributed by atoms with Crippen molar-refractivity contribution in [3.8, 4) is 11.5 Å². The Morgan fingerprint density at radius 2 is 1.94 bits per heavy atom. The summed E-state index contributed by atoms with van der Waals surface area (Å²) >= 11 is 0. The molecule has 5 unspecified atom stereocenters. The lowest BCUT2D eigenvalue weighted by Gasteiger charge is -2.37. The van der Waals surface area contributed by atoms with Crippen molar-refractivity contribution in [1.82, 2.24) is 20.5 Å². The molecule has 53 heavy (non-hydrogen) atoms. The number of halogens is 3. The van der Waals surface area contributed by atoms with Crippen LogP contribution in [0.2, 0.25) is 0 Å². The number of carboxylic acid groups (broad SMARTS) is 1. The Labute approximate surface area is 304 Å². The first-order chi connectivity index (χ1) is 24.9. The van der Waals surface area contributed by atoms with Crippen LogP contribution < -0.4 is 20.1 Å². The number of allylic oxidation sites excluding steroid dienone is 1. The number of methoxy groups -OCH3 is 1. The minimum absolute atomic E-state index is 0.0825. The fourth-order valence-corrected chi connectivity index (χ4v) is 7.58. The lowest BCUT2D eigenvalue weighted by atomic mass is 9.85. The number of alkyl carbamates (subject to hydrolysis) is 1. The molecule has 6 rings (SSSR count). The Kier molecular flexibility index (Phi) is 10.0. The van der Waals surface area contributed by atoms with Gasteiger partial charge in [-0.1, -0.05) is 25.0 Å². The summed E-state index contributed by atoms with van der Waals surface area (Å²) in [6.07, 6.45) is 3.18. The van der Waals surface area contributed by atoms with Crippen molar-refractivity contribution in [3.05, 3.63) is 59.5 Å². The molecule has 4 heterocycles. The van der Waals surface area contributed by atoms with Gasteiger partial charge in [0.25, 0.3) is 0 Å². The third-order valence-corrected chi connectivity index (χ3v) is 10.1. The Morgan fingerprint density at radius 1 is 1.17 bits per heavy atom. The Hall–Kier alpha value is -5.04. The summed E-state index contributed by atoms with van der Waals surface area (Å²) in [6.45, 7) is 4.69. The Balaban J connectivity index is 1.42. The molecular formula is C38H43F3N4O8. The first kappa shape index (κ1) is 37.7. The SMILES string of the molecule is COc1ccc2nc(C(F)(F)F)c3c(c2c1)CCC1(CC2C(=O)NC4(C(=O)O)C=C=CC4C=CCCCCCC(NC(=O)OC(C)(C)C)C(=O)N2C1)O3. The van der Waals surface area contributed by atoms with E-state index < -0.39 is 76.2 Å². The van der Waals surface area contributed by atoms with Gasteiger partial charge in [-0.2, -0.15) is 13.2 Å². The second-order valence-electron chi connectivity index (χ2n) is 15.1. The number of nitrogens with zero attached hydrogens (tertiary/aromatic N) is 2. The van der Waals surface area contributed by atoms with E-state index in [-0.39, 0.29) is 43.3 Å². The molecule has 3 aliphatic heterocycles. The number of alkyl halides is 3. The van der Waals surface area contributed by atoms with Crippen molar-refractivity contribution in [2.45, 2.75) is 107 Å². The molecular weight excluding hydrogens is 697 g/mol. The van der Waals surface area contributed by atoms with Gasteiger partial charge in [0.05, 0.1) is 19.2 Å². The normalized spacial score (nSPS) is 27.6. The number of hydrogen-bond acceptors (Lipinski definition) is 8. The summed E-state index contributed by atoms with van der Waals surface area (Å²) in [5, 5.41) is 16.2. The maximum atomic E-state index is 14.6. The van der Waals surface area contributed by atoms with E-state index in [9.17, 15) is 37.5 Å². The maximum Gasteiger partial charge on any atom is 0.437 e. The highest BCUT2D eigenvalue weighted by Gasteiger charge is 2.56. The van der Waals surface area contributed by atoms with Gasteiger partial charge < -0.3 is 34.9 Å². The number of carbonyl (C=O) groups excluding carboxylic acids is 3. The molecule has 0 radical (unpaired) electrons. The molecule has 1 aromatic heterocycles. The van der Waals surface area contributed by atoms with Crippen LogP contribution >= 0.6 is 0 Å². The molecule has 15 heteroatoms. The third-order valence-electron chi connectivity index (χ3n) is 10.1. The zero-order valence-electron chi connectivity index (χ0n) is 30.0. The number of carboxylic acids is 1. The summed E-state index contributed by atoms with van der Waals surface area (Å²) in [5.74, 6) is -3.75. The number of benzene rings is 1. The van der Waals surface area contributed by atoms with Crippen molar-refractivity contribution in [2.75, 3.05) is 13.7 Å². The van der Waals surface area contributed by atoms with Crippen LogP contribution in [-0.2, 0) is 31.7 Å². The number of nitrogens with one attached hydrogen (secondary N) is 2. The lowest BCUT2D eigenvalue weighted by Crippen LogP contribution is -2.61. The highest BCUT2D eigenvalue weighted by atomic mass is 19.4. The summed E-state index contributed by atoms with van der Waals surface area (Å²) in [7, 11) is 1.44. The number of amides is 3. The van der Waals surface area contributed by atoms with Gasteiger partial charge in [-0.05, 0) is 83.2 Å². The van der Waals surface area contributed by atoms with Crippen molar-refractivity contribution in [3.63, 3.8) is 0 Å². The highest BCUT2D eigenvalue weighted by molar-refractivity contribution is 5.96. The molecule has 3 N–H and O–H groups in total. The second-order valence-corrected chi connectivity index (χ2v) is 15.1. The number of pyridine rings is 1. The lowest BCUT2D eigenvalue weighted by molar-refractivity contribution is -0.148. The van der Waals surface area contributed by atoms with Crippen molar-refractivity contribution < 1.29 is 51.7 Å². The predicted octanol–water partition coefficient (Wildman–Crippen LogP) is 5.62. The van der Waals surface area contributed by atoms with Gasteiger partial charge in [-0.15, -0.1) is 5.73 Å². The van der Waals surface area contributed by atoms with Gasteiger partial charge in [0, 0.05) is 23.3 Å². The van der Waals surface area contributed by atoms with Gasteiger partial charge in [-0.25, -0.2) is 14.6 Å². The van der Waals surface area contributed by atoms with Gasteiger partial charge in [0.15, 0.2) is 17.0 Å². The van der Waals surface area contributed by atoms with E-state index in [1.54, 1.807) is 32.9 Å². The monoisotopic (exact) mass is 740 g/mol. The van der Waals surface area contributed by atoms with Gasteiger partial charge >= 0.3 is 18.2 Å². The molecule has 1 saturated heterocycles. The van der Waals surface area contributed by atoms with Crippen LogP contribution in [0.5, 0.6) is 11.5 Å². The van der Waals surface area contributed by atoms with E-state index >= 15 is 0 Å². The Bertz CT molecular complexity index is 1910. The molecule has 284 valence electrons.